The molecule has 0 spiro atoms. The molecule has 118 valence electrons. The topological polar surface area (TPSA) is 70.7 Å². The van der Waals surface area contributed by atoms with Crippen LogP contribution in [0, 0.1) is 0 Å². The van der Waals surface area contributed by atoms with Gasteiger partial charge in [0.15, 0.2) is 0 Å². The Labute approximate surface area is 139 Å². The van der Waals surface area contributed by atoms with Gasteiger partial charge in [0.2, 0.25) is 5.91 Å². The Balaban J connectivity index is 1.44. The summed E-state index contributed by atoms with van der Waals surface area (Å²) in [6, 6.07) is 9.31. The number of nitrogens with one attached hydrogen (secondary N) is 2. The van der Waals surface area contributed by atoms with Crippen LogP contribution in [-0.4, -0.2) is 27.4 Å². The highest BCUT2D eigenvalue weighted by atomic mass is 35.5. The molecule has 3 aromatic rings. The van der Waals surface area contributed by atoms with Crippen molar-refractivity contribution in [2.45, 2.75) is 19.3 Å². The van der Waals surface area contributed by atoms with Crippen LogP contribution >= 0.6 is 11.6 Å². The maximum atomic E-state index is 11.8. The molecule has 0 radical (unpaired) electrons. The molecule has 0 bridgehead atoms. The number of aromatic nitrogens is 3. The Morgan fingerprint density at radius 3 is 3.04 bits per heavy atom. The maximum Gasteiger partial charge on any atom is 0.224 e. The number of hydrogen-bond donors (Lipinski definition) is 2. The molecule has 2 heterocycles. The van der Waals surface area contributed by atoms with Gasteiger partial charge in [0.1, 0.15) is 5.82 Å². The molecule has 2 aromatic heterocycles. The lowest BCUT2D eigenvalue weighted by atomic mass is 10.2. The largest absolute Gasteiger partial charge is 0.356 e. The summed E-state index contributed by atoms with van der Waals surface area (Å²) >= 11 is 5.96. The third-order valence-corrected chi connectivity index (χ3v) is 3.73. The number of nitrogens with zero attached hydrogens (tertiary/aromatic N) is 2. The molecule has 0 aliphatic rings. The minimum Gasteiger partial charge on any atom is -0.356 e. The van der Waals surface area contributed by atoms with Crippen LogP contribution in [0.4, 0.5) is 0 Å². The fourth-order valence-corrected chi connectivity index (χ4v) is 2.56. The second-order valence-corrected chi connectivity index (χ2v) is 5.77. The van der Waals surface area contributed by atoms with Crippen molar-refractivity contribution in [3.63, 3.8) is 0 Å². The van der Waals surface area contributed by atoms with Gasteiger partial charge in [0.25, 0.3) is 0 Å². The maximum absolute atomic E-state index is 11.8. The van der Waals surface area contributed by atoms with Gasteiger partial charge in [-0.15, -0.1) is 0 Å². The minimum atomic E-state index is 0.00869. The quantitative estimate of drug-likeness (QED) is 0.683. The van der Waals surface area contributed by atoms with Gasteiger partial charge in [-0.05, 0) is 36.2 Å². The normalized spacial score (nSPS) is 10.8. The van der Waals surface area contributed by atoms with E-state index < -0.39 is 0 Å². The number of hydrogen-bond acceptors (Lipinski definition) is 3. The van der Waals surface area contributed by atoms with Crippen molar-refractivity contribution in [2.75, 3.05) is 6.54 Å². The lowest BCUT2D eigenvalue weighted by Crippen LogP contribution is -2.26. The van der Waals surface area contributed by atoms with Crippen molar-refractivity contribution in [1.29, 1.82) is 0 Å². The third-order valence-electron chi connectivity index (χ3n) is 3.49. The molecular formula is C17H17ClN4O. The molecule has 3 rings (SSSR count). The van der Waals surface area contributed by atoms with E-state index in [-0.39, 0.29) is 5.91 Å². The van der Waals surface area contributed by atoms with Crippen molar-refractivity contribution >= 4 is 28.5 Å². The molecule has 0 aliphatic carbocycles. The molecule has 6 heteroatoms. The summed E-state index contributed by atoms with van der Waals surface area (Å²) in [5.41, 5.74) is 2.76. The average molecular weight is 329 g/mol. The Morgan fingerprint density at radius 1 is 1.30 bits per heavy atom. The van der Waals surface area contributed by atoms with Crippen LogP contribution in [0.25, 0.3) is 11.0 Å². The number of H-pyrrole nitrogens is 1. The van der Waals surface area contributed by atoms with Crippen molar-refractivity contribution in [1.82, 2.24) is 20.3 Å². The van der Waals surface area contributed by atoms with Gasteiger partial charge in [-0.25, -0.2) is 4.98 Å². The molecule has 1 amide bonds. The first-order chi connectivity index (χ1) is 11.2. The van der Waals surface area contributed by atoms with Crippen LogP contribution in [0.15, 0.2) is 42.7 Å². The van der Waals surface area contributed by atoms with E-state index in [1.165, 1.54) is 0 Å². The number of amides is 1. The number of benzene rings is 1. The number of halogens is 1. The summed E-state index contributed by atoms with van der Waals surface area (Å²) in [5, 5.41) is 3.60. The fraction of sp³-hybridized carbons (Fsp3) is 0.235. The fourth-order valence-electron chi connectivity index (χ4n) is 2.39. The predicted molar refractivity (Wildman–Crippen MR) is 90.4 cm³/mol. The first-order valence-corrected chi connectivity index (χ1v) is 7.88. The Hall–Kier alpha value is -2.40. The van der Waals surface area contributed by atoms with E-state index in [0.717, 1.165) is 35.3 Å². The zero-order valence-corrected chi connectivity index (χ0v) is 13.3. The molecule has 5 nitrogen and oxygen atoms in total. The molecule has 0 saturated heterocycles. The molecular weight excluding hydrogens is 312 g/mol. The molecule has 0 aliphatic heterocycles. The SMILES string of the molecule is O=C(Cc1cccnc1)NCCCc1nc2ccc(Cl)cc2[nH]1. The minimum absolute atomic E-state index is 0.00869. The third kappa shape index (κ3) is 4.29. The first kappa shape index (κ1) is 15.5. The number of rotatable bonds is 6. The molecule has 0 fully saturated rings. The van der Waals surface area contributed by atoms with Crippen molar-refractivity contribution < 1.29 is 4.79 Å². The summed E-state index contributed by atoms with van der Waals surface area (Å²) in [7, 11) is 0. The van der Waals surface area contributed by atoms with Gasteiger partial charge in [-0.2, -0.15) is 0 Å². The van der Waals surface area contributed by atoms with Gasteiger partial charge in [-0.1, -0.05) is 17.7 Å². The molecule has 2 N–H and O–H groups in total. The van der Waals surface area contributed by atoms with Crippen LogP contribution in [0.5, 0.6) is 0 Å². The number of carbonyl (C=O) groups is 1. The first-order valence-electron chi connectivity index (χ1n) is 7.50. The summed E-state index contributed by atoms with van der Waals surface area (Å²) in [4.78, 5) is 23.6. The number of fused-ring (bicyclic) bond motifs is 1. The second kappa shape index (κ2) is 7.24. The highest BCUT2D eigenvalue weighted by Crippen LogP contribution is 2.17. The van der Waals surface area contributed by atoms with Crippen LogP contribution in [-0.2, 0) is 17.6 Å². The van der Waals surface area contributed by atoms with Crippen LogP contribution in [0.1, 0.15) is 17.8 Å². The lowest BCUT2D eigenvalue weighted by molar-refractivity contribution is -0.120. The van der Waals surface area contributed by atoms with Crippen LogP contribution < -0.4 is 5.32 Å². The summed E-state index contributed by atoms with van der Waals surface area (Å²) in [5.74, 6) is 0.915. The lowest BCUT2D eigenvalue weighted by Gasteiger charge is -2.04. The van der Waals surface area contributed by atoms with Gasteiger partial charge >= 0.3 is 0 Å². The molecule has 0 unspecified atom stereocenters. The zero-order chi connectivity index (χ0) is 16.1. The van der Waals surface area contributed by atoms with E-state index in [0.29, 0.717) is 18.0 Å². The number of imidazole rings is 1. The highest BCUT2D eigenvalue weighted by molar-refractivity contribution is 6.31. The van der Waals surface area contributed by atoms with Crippen molar-refractivity contribution in [2.24, 2.45) is 0 Å². The van der Waals surface area contributed by atoms with E-state index >= 15 is 0 Å². The number of pyridine rings is 1. The van der Waals surface area contributed by atoms with E-state index in [4.69, 9.17) is 11.6 Å². The number of carbonyl (C=O) groups excluding carboxylic acids is 1. The average Bonchev–Trinajstić information content (AvgIpc) is 2.94. The second-order valence-electron chi connectivity index (χ2n) is 5.34. The monoisotopic (exact) mass is 328 g/mol. The highest BCUT2D eigenvalue weighted by Gasteiger charge is 2.05. The molecule has 0 atom stereocenters. The van der Waals surface area contributed by atoms with Gasteiger partial charge in [0.05, 0.1) is 17.5 Å². The van der Waals surface area contributed by atoms with E-state index in [2.05, 4.69) is 20.3 Å². The summed E-state index contributed by atoms with van der Waals surface area (Å²) < 4.78 is 0. The van der Waals surface area contributed by atoms with Crippen molar-refractivity contribution in [3.05, 3.63) is 59.1 Å². The Kier molecular flexibility index (Phi) is 4.88. The van der Waals surface area contributed by atoms with Crippen LogP contribution in [0.3, 0.4) is 0 Å². The zero-order valence-electron chi connectivity index (χ0n) is 12.6. The van der Waals surface area contributed by atoms with E-state index in [9.17, 15) is 4.79 Å². The summed E-state index contributed by atoms with van der Waals surface area (Å²) in [6.07, 6.45) is 5.36. The van der Waals surface area contributed by atoms with E-state index in [1.807, 2.05) is 30.3 Å². The number of aryl methyl sites for hydroxylation is 1. The Morgan fingerprint density at radius 2 is 2.22 bits per heavy atom. The van der Waals surface area contributed by atoms with Gasteiger partial charge in [-0.3, -0.25) is 9.78 Å². The molecule has 1 aromatic carbocycles. The Bertz CT molecular complexity index is 801. The molecule has 23 heavy (non-hydrogen) atoms. The summed E-state index contributed by atoms with van der Waals surface area (Å²) in [6.45, 7) is 0.622. The number of aromatic amines is 1. The smallest absolute Gasteiger partial charge is 0.224 e. The van der Waals surface area contributed by atoms with Crippen LogP contribution in [0.2, 0.25) is 5.02 Å². The molecule has 0 saturated carbocycles. The van der Waals surface area contributed by atoms with E-state index in [1.54, 1.807) is 12.4 Å². The standard InChI is InChI=1S/C17H17ClN4O/c18-13-5-6-14-15(10-13)22-16(21-14)4-2-8-20-17(23)9-12-3-1-7-19-11-12/h1,3,5-7,10-11H,2,4,8-9H2,(H,20,23)(H,21,22). The van der Waals surface area contributed by atoms with Gasteiger partial charge < -0.3 is 10.3 Å². The van der Waals surface area contributed by atoms with Gasteiger partial charge in [0, 0.05) is 30.4 Å². The predicted octanol–water partition coefficient (Wildman–Crippen LogP) is 2.90. The van der Waals surface area contributed by atoms with Crippen molar-refractivity contribution in [3.8, 4) is 0 Å².